The summed E-state index contributed by atoms with van der Waals surface area (Å²) in [6.45, 7) is 0. The van der Waals surface area contributed by atoms with Gasteiger partial charge in [-0.1, -0.05) is 127 Å². The Balaban J connectivity index is 1.42. The van der Waals surface area contributed by atoms with Crippen molar-refractivity contribution in [1.82, 2.24) is 4.98 Å². The summed E-state index contributed by atoms with van der Waals surface area (Å²) in [6, 6.07) is 57.3. The molecular formula is C46H27NO. The molecule has 2 aliphatic carbocycles. The van der Waals surface area contributed by atoms with Crippen LogP contribution in [0.1, 0.15) is 22.3 Å². The van der Waals surface area contributed by atoms with E-state index < -0.39 is 5.41 Å². The van der Waals surface area contributed by atoms with E-state index in [1.807, 2.05) is 12.3 Å². The molecule has 0 bridgehead atoms. The highest BCUT2D eigenvalue weighted by Gasteiger charge is 2.53. The van der Waals surface area contributed by atoms with E-state index in [1.165, 1.54) is 66.4 Å². The van der Waals surface area contributed by atoms with Crippen molar-refractivity contribution in [1.29, 1.82) is 0 Å². The van der Waals surface area contributed by atoms with Gasteiger partial charge in [0.15, 0.2) is 0 Å². The Morgan fingerprint density at radius 1 is 0.438 bits per heavy atom. The molecule has 222 valence electrons. The van der Waals surface area contributed by atoms with Crippen LogP contribution in [0, 0.1) is 0 Å². The molecular weight excluding hydrogens is 583 g/mol. The number of rotatable bonds is 2. The van der Waals surface area contributed by atoms with Crippen LogP contribution in [0.15, 0.2) is 168 Å². The highest BCUT2D eigenvalue weighted by molar-refractivity contribution is 6.22. The third-order valence-corrected chi connectivity index (χ3v) is 10.7. The maximum absolute atomic E-state index is 7.03. The van der Waals surface area contributed by atoms with Crippen LogP contribution in [0.5, 0.6) is 0 Å². The van der Waals surface area contributed by atoms with Gasteiger partial charge in [0.25, 0.3) is 0 Å². The smallest absolute Gasteiger partial charge is 0.144 e. The van der Waals surface area contributed by atoms with Crippen molar-refractivity contribution in [2.75, 3.05) is 0 Å². The third-order valence-electron chi connectivity index (χ3n) is 10.7. The molecule has 48 heavy (non-hydrogen) atoms. The van der Waals surface area contributed by atoms with Crippen molar-refractivity contribution in [3.8, 4) is 44.6 Å². The number of benzene rings is 7. The lowest BCUT2D eigenvalue weighted by Crippen LogP contribution is -2.26. The monoisotopic (exact) mass is 609 g/mol. The van der Waals surface area contributed by atoms with Gasteiger partial charge in [-0.2, -0.15) is 0 Å². The molecule has 0 saturated heterocycles. The second kappa shape index (κ2) is 9.40. The summed E-state index contributed by atoms with van der Waals surface area (Å²) >= 11 is 0. The Hall–Kier alpha value is -6.25. The summed E-state index contributed by atoms with van der Waals surface area (Å²) in [5.74, 6) is 0. The summed E-state index contributed by atoms with van der Waals surface area (Å²) in [6.07, 6.45) is 1.89. The normalized spacial score (nSPS) is 13.6. The Kier molecular flexibility index (Phi) is 5.07. The topological polar surface area (TPSA) is 26.0 Å². The van der Waals surface area contributed by atoms with Crippen LogP contribution in [0.25, 0.3) is 77.3 Å². The van der Waals surface area contributed by atoms with Gasteiger partial charge >= 0.3 is 0 Å². The number of furan rings is 1. The number of fused-ring (bicyclic) bond motifs is 16. The predicted molar refractivity (Wildman–Crippen MR) is 196 cm³/mol. The Morgan fingerprint density at radius 3 is 1.79 bits per heavy atom. The largest absolute Gasteiger partial charge is 0.455 e. The first-order valence-corrected chi connectivity index (χ1v) is 16.6. The lowest BCUT2D eigenvalue weighted by molar-refractivity contribution is 0.669. The van der Waals surface area contributed by atoms with Crippen molar-refractivity contribution in [3.05, 3.63) is 186 Å². The van der Waals surface area contributed by atoms with Gasteiger partial charge in [-0.25, -0.2) is 0 Å². The number of pyridine rings is 1. The van der Waals surface area contributed by atoms with Gasteiger partial charge in [-0.15, -0.1) is 0 Å². The van der Waals surface area contributed by atoms with E-state index in [9.17, 15) is 0 Å². The maximum Gasteiger partial charge on any atom is 0.144 e. The van der Waals surface area contributed by atoms with Gasteiger partial charge in [0.1, 0.15) is 11.2 Å². The van der Waals surface area contributed by atoms with Crippen LogP contribution in [-0.4, -0.2) is 4.98 Å². The third kappa shape index (κ3) is 3.15. The highest BCUT2D eigenvalue weighted by atomic mass is 16.3. The van der Waals surface area contributed by atoms with E-state index in [0.717, 1.165) is 33.2 Å². The molecule has 0 N–H and O–H groups in total. The summed E-state index contributed by atoms with van der Waals surface area (Å²) in [4.78, 5) is 4.93. The average molecular weight is 610 g/mol. The maximum atomic E-state index is 7.03. The van der Waals surface area contributed by atoms with Crippen LogP contribution in [0.3, 0.4) is 0 Å². The van der Waals surface area contributed by atoms with Gasteiger partial charge in [-0.05, 0) is 91.2 Å². The molecule has 0 aliphatic heterocycles. The lowest BCUT2D eigenvalue weighted by atomic mass is 9.69. The summed E-state index contributed by atoms with van der Waals surface area (Å²) in [5, 5.41) is 4.70. The SMILES string of the molecule is c1ccc(-c2cc3c(c4ccccc24)-c2c(cc(-c4ccccn4)c4c2oc2ccccc24)C32c3ccccc3-c3ccccc32)cc1. The molecule has 2 nitrogen and oxygen atoms in total. The second-order valence-corrected chi connectivity index (χ2v) is 13.0. The first-order chi connectivity index (χ1) is 23.8. The van der Waals surface area contributed by atoms with Crippen molar-refractivity contribution in [2.24, 2.45) is 0 Å². The fourth-order valence-electron chi connectivity index (χ4n) is 8.93. The van der Waals surface area contributed by atoms with Crippen LogP contribution < -0.4 is 0 Å². The van der Waals surface area contributed by atoms with Gasteiger partial charge in [0.05, 0.1) is 11.1 Å². The summed E-state index contributed by atoms with van der Waals surface area (Å²) in [7, 11) is 0. The molecule has 9 aromatic rings. The average Bonchev–Trinajstić information content (AvgIpc) is 3.79. The molecule has 0 saturated carbocycles. The second-order valence-electron chi connectivity index (χ2n) is 13.0. The first-order valence-electron chi connectivity index (χ1n) is 16.6. The quantitative estimate of drug-likeness (QED) is 0.195. The zero-order valence-corrected chi connectivity index (χ0v) is 25.9. The molecule has 2 aliphatic rings. The minimum absolute atomic E-state index is 0.553. The Morgan fingerprint density at radius 2 is 1.04 bits per heavy atom. The number of hydrogen-bond acceptors (Lipinski definition) is 2. The molecule has 1 spiro atoms. The van der Waals surface area contributed by atoms with Gasteiger partial charge < -0.3 is 4.42 Å². The number of para-hydroxylation sites is 1. The van der Waals surface area contributed by atoms with Gasteiger partial charge in [0, 0.05) is 28.1 Å². The van der Waals surface area contributed by atoms with Gasteiger partial charge in [-0.3, -0.25) is 4.98 Å². The van der Waals surface area contributed by atoms with E-state index in [1.54, 1.807) is 0 Å². The highest BCUT2D eigenvalue weighted by Crippen LogP contribution is 2.66. The zero-order valence-electron chi connectivity index (χ0n) is 25.9. The van der Waals surface area contributed by atoms with Crippen molar-refractivity contribution in [2.45, 2.75) is 5.41 Å². The van der Waals surface area contributed by atoms with Crippen molar-refractivity contribution >= 4 is 32.7 Å². The van der Waals surface area contributed by atoms with Crippen LogP contribution in [-0.2, 0) is 5.41 Å². The van der Waals surface area contributed by atoms with Crippen molar-refractivity contribution in [3.63, 3.8) is 0 Å². The molecule has 11 rings (SSSR count). The summed E-state index contributed by atoms with van der Waals surface area (Å²) in [5.41, 5.74) is 15.9. The molecule has 2 heteroatoms. The lowest BCUT2D eigenvalue weighted by Gasteiger charge is -2.31. The Bertz CT molecular complexity index is 2730. The minimum Gasteiger partial charge on any atom is -0.455 e. The Labute approximate surface area is 277 Å². The molecule has 2 heterocycles. The standard InChI is InChI=1S/C46H27NO/c1-2-14-28(15-3-1)34-26-38-43(32-19-5-4-16-29(32)34)44-39(46(38)36-21-9-6-17-30(36)31-18-7-10-22-37(31)46)27-35(40-23-12-13-25-47-40)42-33-20-8-11-24-41(33)48-45(42)44/h1-27H. The van der Waals surface area contributed by atoms with E-state index in [-0.39, 0.29) is 0 Å². The van der Waals surface area contributed by atoms with E-state index in [4.69, 9.17) is 9.40 Å². The van der Waals surface area contributed by atoms with Crippen LogP contribution >= 0.6 is 0 Å². The fourth-order valence-corrected chi connectivity index (χ4v) is 8.93. The number of aromatic nitrogens is 1. The van der Waals surface area contributed by atoms with Crippen molar-refractivity contribution < 1.29 is 4.42 Å². The molecule has 0 amide bonds. The van der Waals surface area contributed by atoms with Gasteiger partial charge in [0.2, 0.25) is 0 Å². The predicted octanol–water partition coefficient (Wildman–Crippen LogP) is 11.8. The molecule has 2 aromatic heterocycles. The number of nitrogens with zero attached hydrogens (tertiary/aromatic N) is 1. The van der Waals surface area contributed by atoms with E-state index in [2.05, 4.69) is 152 Å². The van der Waals surface area contributed by atoms with Crippen LogP contribution in [0.2, 0.25) is 0 Å². The molecule has 0 radical (unpaired) electrons. The first kappa shape index (κ1) is 25.9. The molecule has 0 unspecified atom stereocenters. The number of hydrogen-bond donors (Lipinski definition) is 0. The minimum atomic E-state index is -0.553. The van der Waals surface area contributed by atoms with E-state index in [0.29, 0.717) is 0 Å². The van der Waals surface area contributed by atoms with Crippen LogP contribution in [0.4, 0.5) is 0 Å². The molecule has 7 aromatic carbocycles. The molecule has 0 atom stereocenters. The van der Waals surface area contributed by atoms with E-state index >= 15 is 0 Å². The summed E-state index contributed by atoms with van der Waals surface area (Å²) < 4.78 is 7.03. The zero-order chi connectivity index (χ0) is 31.4. The fraction of sp³-hybridized carbons (Fsp3) is 0.0217. The molecule has 0 fully saturated rings.